The average Bonchev–Trinajstić information content (AvgIpc) is 2.70. The summed E-state index contributed by atoms with van der Waals surface area (Å²) in [5.41, 5.74) is 2.85. The van der Waals surface area contributed by atoms with E-state index in [2.05, 4.69) is 26.1 Å². The van der Waals surface area contributed by atoms with E-state index in [1.54, 1.807) is 5.38 Å². The monoisotopic (exact) mass is 304 g/mol. The first kappa shape index (κ1) is 15.5. The Morgan fingerprint density at radius 2 is 1.86 bits per heavy atom. The van der Waals surface area contributed by atoms with Crippen LogP contribution in [-0.4, -0.2) is 10.5 Å². The van der Waals surface area contributed by atoms with E-state index in [0.29, 0.717) is 0 Å². The highest BCUT2D eigenvalue weighted by atomic mass is 32.1. The van der Waals surface area contributed by atoms with Gasteiger partial charge in [0.25, 0.3) is 0 Å². The van der Waals surface area contributed by atoms with E-state index in [4.69, 9.17) is 0 Å². The van der Waals surface area contributed by atoms with Crippen molar-refractivity contribution >= 4 is 22.9 Å². The summed E-state index contributed by atoms with van der Waals surface area (Å²) in [4.78, 5) is 23.5. The molecular weight excluding hydrogens is 284 g/mol. The second-order valence-corrected chi connectivity index (χ2v) is 6.93. The highest BCUT2D eigenvalue weighted by molar-refractivity contribution is 7.07. The van der Waals surface area contributed by atoms with Crippen LogP contribution < -0.4 is 10.2 Å². The van der Waals surface area contributed by atoms with Crippen molar-refractivity contribution in [3.8, 4) is 0 Å². The van der Waals surface area contributed by atoms with Gasteiger partial charge in [0.2, 0.25) is 5.91 Å². The van der Waals surface area contributed by atoms with E-state index in [9.17, 15) is 9.59 Å². The van der Waals surface area contributed by atoms with E-state index >= 15 is 0 Å². The fourth-order valence-corrected chi connectivity index (χ4v) is 2.73. The SMILES string of the molecule is Cc1csc(=O)n1CC(=O)Nc1ccc(C(C)(C)C)cc1. The van der Waals surface area contributed by atoms with Gasteiger partial charge in [-0.1, -0.05) is 44.2 Å². The predicted octanol–water partition coefficient (Wildman–Crippen LogP) is 3.15. The summed E-state index contributed by atoms with van der Waals surface area (Å²) in [5, 5.41) is 4.58. The summed E-state index contributed by atoms with van der Waals surface area (Å²) in [6, 6.07) is 7.80. The number of carbonyl (C=O) groups is 1. The van der Waals surface area contributed by atoms with E-state index in [1.165, 1.54) is 10.1 Å². The maximum atomic E-state index is 12.0. The summed E-state index contributed by atoms with van der Waals surface area (Å²) in [6.45, 7) is 8.31. The Morgan fingerprint density at radius 3 is 2.33 bits per heavy atom. The molecule has 0 atom stereocenters. The number of benzene rings is 1. The van der Waals surface area contributed by atoms with Crippen LogP contribution in [0.5, 0.6) is 0 Å². The zero-order valence-corrected chi connectivity index (χ0v) is 13.6. The Bertz CT molecular complexity index is 690. The molecule has 5 heteroatoms. The van der Waals surface area contributed by atoms with Crippen molar-refractivity contribution in [3.63, 3.8) is 0 Å². The molecule has 0 fully saturated rings. The first-order valence-corrected chi connectivity index (χ1v) is 7.70. The number of amides is 1. The Hall–Kier alpha value is -1.88. The first-order chi connectivity index (χ1) is 9.77. The molecule has 0 spiro atoms. The molecule has 0 saturated carbocycles. The lowest BCUT2D eigenvalue weighted by molar-refractivity contribution is -0.116. The number of carbonyl (C=O) groups excluding carboxylic acids is 1. The summed E-state index contributed by atoms with van der Waals surface area (Å²) in [6.07, 6.45) is 0. The molecule has 0 aliphatic rings. The van der Waals surface area contributed by atoms with E-state index in [1.807, 2.05) is 31.2 Å². The van der Waals surface area contributed by atoms with Crippen LogP contribution in [0.15, 0.2) is 34.4 Å². The van der Waals surface area contributed by atoms with E-state index in [0.717, 1.165) is 22.7 Å². The molecule has 4 nitrogen and oxygen atoms in total. The molecular formula is C16H20N2O2S. The molecule has 0 saturated heterocycles. The van der Waals surface area contributed by atoms with Crippen LogP contribution >= 0.6 is 11.3 Å². The lowest BCUT2D eigenvalue weighted by atomic mass is 9.87. The summed E-state index contributed by atoms with van der Waals surface area (Å²) < 4.78 is 1.48. The topological polar surface area (TPSA) is 51.1 Å². The van der Waals surface area contributed by atoms with Crippen LogP contribution in [-0.2, 0) is 16.8 Å². The smallest absolute Gasteiger partial charge is 0.307 e. The number of nitrogens with one attached hydrogen (secondary N) is 1. The average molecular weight is 304 g/mol. The van der Waals surface area contributed by atoms with Crippen molar-refractivity contribution in [3.05, 3.63) is 50.6 Å². The Labute approximate surface area is 128 Å². The molecule has 21 heavy (non-hydrogen) atoms. The minimum Gasteiger partial charge on any atom is -0.325 e. The molecule has 2 aromatic rings. The molecule has 1 aromatic carbocycles. The summed E-state index contributed by atoms with van der Waals surface area (Å²) in [7, 11) is 0. The number of nitrogens with zero attached hydrogens (tertiary/aromatic N) is 1. The number of thiazole rings is 1. The van der Waals surface area contributed by atoms with Gasteiger partial charge in [0, 0.05) is 16.8 Å². The number of hydrogen-bond donors (Lipinski definition) is 1. The molecule has 0 aliphatic heterocycles. The molecule has 0 unspecified atom stereocenters. The molecule has 112 valence electrons. The van der Waals surface area contributed by atoms with Crippen LogP contribution in [0.1, 0.15) is 32.0 Å². The van der Waals surface area contributed by atoms with Gasteiger partial charge in [-0.2, -0.15) is 0 Å². The van der Waals surface area contributed by atoms with Gasteiger partial charge in [-0.15, -0.1) is 0 Å². The fraction of sp³-hybridized carbons (Fsp3) is 0.375. The number of aromatic nitrogens is 1. The van der Waals surface area contributed by atoms with Crippen molar-refractivity contribution in [2.75, 3.05) is 5.32 Å². The molecule has 1 N–H and O–H groups in total. The van der Waals surface area contributed by atoms with E-state index in [-0.39, 0.29) is 22.7 Å². The Morgan fingerprint density at radius 1 is 1.24 bits per heavy atom. The van der Waals surface area contributed by atoms with Crippen molar-refractivity contribution in [1.82, 2.24) is 4.57 Å². The molecule has 0 radical (unpaired) electrons. The first-order valence-electron chi connectivity index (χ1n) is 6.83. The van der Waals surface area contributed by atoms with Crippen molar-refractivity contribution in [2.24, 2.45) is 0 Å². The van der Waals surface area contributed by atoms with Crippen molar-refractivity contribution < 1.29 is 4.79 Å². The van der Waals surface area contributed by atoms with Gasteiger partial charge in [-0.25, -0.2) is 0 Å². The molecule has 1 amide bonds. The van der Waals surface area contributed by atoms with Gasteiger partial charge in [0.1, 0.15) is 6.54 Å². The molecule has 1 heterocycles. The maximum absolute atomic E-state index is 12.0. The highest BCUT2D eigenvalue weighted by Crippen LogP contribution is 2.23. The van der Waals surface area contributed by atoms with E-state index < -0.39 is 0 Å². The largest absolute Gasteiger partial charge is 0.325 e. The molecule has 0 bridgehead atoms. The van der Waals surface area contributed by atoms with Crippen molar-refractivity contribution in [2.45, 2.75) is 39.7 Å². The van der Waals surface area contributed by atoms with Crippen LogP contribution in [0.25, 0.3) is 0 Å². The molecule has 0 aliphatic carbocycles. The second-order valence-electron chi connectivity index (χ2n) is 6.10. The highest BCUT2D eigenvalue weighted by Gasteiger charge is 2.13. The van der Waals surface area contributed by atoms with Crippen LogP contribution in [0.2, 0.25) is 0 Å². The quantitative estimate of drug-likeness (QED) is 0.947. The third kappa shape index (κ3) is 3.82. The summed E-state index contributed by atoms with van der Waals surface area (Å²) >= 11 is 1.11. The molecule has 1 aromatic heterocycles. The van der Waals surface area contributed by atoms with Crippen molar-refractivity contribution in [1.29, 1.82) is 0 Å². The third-order valence-electron chi connectivity index (χ3n) is 3.31. The summed E-state index contributed by atoms with van der Waals surface area (Å²) in [5.74, 6) is -0.192. The van der Waals surface area contributed by atoms with Crippen LogP contribution in [0.3, 0.4) is 0 Å². The number of anilines is 1. The molecule has 2 rings (SSSR count). The van der Waals surface area contributed by atoms with Crippen LogP contribution in [0.4, 0.5) is 5.69 Å². The zero-order valence-electron chi connectivity index (χ0n) is 12.8. The lowest BCUT2D eigenvalue weighted by Gasteiger charge is -2.19. The van der Waals surface area contributed by atoms with Gasteiger partial charge in [-0.3, -0.25) is 14.2 Å². The standard InChI is InChI=1S/C16H20N2O2S/c1-11-10-21-15(20)18(11)9-14(19)17-13-7-5-12(6-8-13)16(2,3)4/h5-8,10H,9H2,1-4H3,(H,17,19). The van der Waals surface area contributed by atoms with Crippen LogP contribution in [0, 0.1) is 6.92 Å². The number of hydrogen-bond acceptors (Lipinski definition) is 3. The third-order valence-corrected chi connectivity index (χ3v) is 4.19. The Kier molecular flexibility index (Phi) is 4.32. The van der Waals surface area contributed by atoms with Gasteiger partial charge < -0.3 is 5.32 Å². The number of aryl methyl sites for hydroxylation is 1. The normalized spacial score (nSPS) is 11.4. The predicted molar refractivity (Wildman–Crippen MR) is 87.1 cm³/mol. The second kappa shape index (κ2) is 5.85. The van der Waals surface area contributed by atoms with Gasteiger partial charge >= 0.3 is 4.87 Å². The number of rotatable bonds is 3. The Balaban J connectivity index is 2.05. The van der Waals surface area contributed by atoms with Gasteiger partial charge in [-0.05, 0) is 30.0 Å². The van der Waals surface area contributed by atoms with Gasteiger partial charge in [0.15, 0.2) is 0 Å². The van der Waals surface area contributed by atoms with Gasteiger partial charge in [0.05, 0.1) is 0 Å². The minimum atomic E-state index is -0.192. The zero-order chi connectivity index (χ0) is 15.6. The fourth-order valence-electron chi connectivity index (χ4n) is 1.99. The maximum Gasteiger partial charge on any atom is 0.307 e. The lowest BCUT2D eigenvalue weighted by Crippen LogP contribution is -2.25. The minimum absolute atomic E-state index is 0.0508.